The standard InChI is InChI=1S/C19H26N2O3/c1-12-6-14(8-16(22)20-12)17(23)21-10-18(2,3)24-19(11-21)9-13-4-5-15(19)7-13/h6,8,13,15H,4-5,7,9-11H2,1-3H3,(H,20,22)/t13-,15+,19+/m1/s1. The van der Waals surface area contributed by atoms with E-state index in [-0.39, 0.29) is 22.7 Å². The first kappa shape index (κ1) is 15.9. The summed E-state index contributed by atoms with van der Waals surface area (Å²) in [5, 5.41) is 0. The predicted octanol–water partition coefficient (Wildman–Crippen LogP) is 2.49. The Bertz CT molecular complexity index is 738. The van der Waals surface area contributed by atoms with Gasteiger partial charge in [-0.3, -0.25) is 9.59 Å². The van der Waals surface area contributed by atoms with Crippen molar-refractivity contribution in [2.75, 3.05) is 13.1 Å². The fourth-order valence-electron chi connectivity index (χ4n) is 5.30. The van der Waals surface area contributed by atoms with E-state index in [0.29, 0.717) is 30.3 Å². The fourth-order valence-corrected chi connectivity index (χ4v) is 5.30. The molecule has 5 nitrogen and oxygen atoms in total. The Morgan fingerprint density at radius 1 is 1.29 bits per heavy atom. The average Bonchev–Trinajstić information content (AvgIpc) is 3.04. The average molecular weight is 330 g/mol. The highest BCUT2D eigenvalue weighted by molar-refractivity contribution is 5.94. The van der Waals surface area contributed by atoms with Crippen LogP contribution in [0.25, 0.3) is 0 Å². The molecular formula is C19H26N2O3. The summed E-state index contributed by atoms with van der Waals surface area (Å²) in [7, 11) is 0. The van der Waals surface area contributed by atoms with E-state index in [1.165, 1.54) is 25.3 Å². The molecule has 0 aromatic carbocycles. The lowest BCUT2D eigenvalue weighted by Crippen LogP contribution is -2.62. The molecule has 4 rings (SSSR count). The summed E-state index contributed by atoms with van der Waals surface area (Å²) in [6.07, 6.45) is 4.83. The van der Waals surface area contributed by atoms with E-state index in [1.807, 2.05) is 4.90 Å². The molecule has 5 heteroatoms. The number of pyridine rings is 1. The molecule has 1 aromatic heterocycles. The monoisotopic (exact) mass is 330 g/mol. The number of H-pyrrole nitrogens is 1. The lowest BCUT2D eigenvalue weighted by molar-refractivity contribution is -0.208. The van der Waals surface area contributed by atoms with Crippen LogP contribution in [0.2, 0.25) is 0 Å². The van der Waals surface area contributed by atoms with Gasteiger partial charge in [-0.15, -0.1) is 0 Å². The van der Waals surface area contributed by atoms with Crippen molar-refractivity contribution in [2.45, 2.75) is 57.7 Å². The van der Waals surface area contributed by atoms with Crippen molar-refractivity contribution < 1.29 is 9.53 Å². The van der Waals surface area contributed by atoms with Gasteiger partial charge >= 0.3 is 0 Å². The van der Waals surface area contributed by atoms with Gasteiger partial charge in [-0.05, 0) is 64.4 Å². The van der Waals surface area contributed by atoms with Crippen LogP contribution in [0.15, 0.2) is 16.9 Å². The van der Waals surface area contributed by atoms with E-state index in [9.17, 15) is 9.59 Å². The van der Waals surface area contributed by atoms with Gasteiger partial charge in [0.1, 0.15) is 0 Å². The van der Waals surface area contributed by atoms with Gasteiger partial charge in [-0.25, -0.2) is 0 Å². The highest BCUT2D eigenvalue weighted by atomic mass is 16.5. The Kier molecular flexibility index (Phi) is 3.43. The van der Waals surface area contributed by atoms with Crippen LogP contribution < -0.4 is 5.56 Å². The smallest absolute Gasteiger partial charge is 0.254 e. The lowest BCUT2D eigenvalue weighted by atomic mass is 9.81. The van der Waals surface area contributed by atoms with E-state index >= 15 is 0 Å². The van der Waals surface area contributed by atoms with Crippen molar-refractivity contribution >= 4 is 5.91 Å². The highest BCUT2D eigenvalue weighted by Crippen LogP contribution is 2.55. The van der Waals surface area contributed by atoms with Gasteiger partial charge in [0.15, 0.2) is 0 Å². The maximum Gasteiger partial charge on any atom is 0.254 e. The summed E-state index contributed by atoms with van der Waals surface area (Å²) in [6.45, 7) is 7.17. The molecule has 1 N–H and O–H groups in total. The molecule has 2 heterocycles. The van der Waals surface area contributed by atoms with Gasteiger partial charge in [0, 0.05) is 23.9 Å². The van der Waals surface area contributed by atoms with Gasteiger partial charge in [-0.1, -0.05) is 0 Å². The van der Waals surface area contributed by atoms with Crippen LogP contribution >= 0.6 is 0 Å². The fraction of sp³-hybridized carbons (Fsp3) is 0.684. The minimum Gasteiger partial charge on any atom is -0.365 e. The van der Waals surface area contributed by atoms with E-state index < -0.39 is 0 Å². The van der Waals surface area contributed by atoms with E-state index in [2.05, 4.69) is 18.8 Å². The Morgan fingerprint density at radius 3 is 2.71 bits per heavy atom. The molecule has 1 aromatic rings. The normalized spacial score (nSPS) is 34.0. The van der Waals surface area contributed by atoms with Crippen molar-refractivity contribution in [1.29, 1.82) is 0 Å². The Balaban J connectivity index is 1.65. The van der Waals surface area contributed by atoms with Gasteiger partial charge in [0.2, 0.25) is 5.56 Å². The maximum atomic E-state index is 13.1. The lowest BCUT2D eigenvalue weighted by Gasteiger charge is -2.52. The molecule has 1 saturated heterocycles. The van der Waals surface area contributed by atoms with Gasteiger partial charge in [0.25, 0.3) is 5.91 Å². The highest BCUT2D eigenvalue weighted by Gasteiger charge is 2.57. The van der Waals surface area contributed by atoms with Crippen LogP contribution in [0, 0.1) is 18.8 Å². The number of amides is 1. The molecule has 1 aliphatic heterocycles. The van der Waals surface area contributed by atoms with Gasteiger partial charge < -0.3 is 14.6 Å². The topological polar surface area (TPSA) is 62.4 Å². The quantitative estimate of drug-likeness (QED) is 0.860. The summed E-state index contributed by atoms with van der Waals surface area (Å²) >= 11 is 0. The zero-order valence-electron chi connectivity index (χ0n) is 14.7. The van der Waals surface area contributed by atoms with Crippen molar-refractivity contribution in [3.05, 3.63) is 33.7 Å². The number of ether oxygens (including phenoxy) is 1. The van der Waals surface area contributed by atoms with Crippen molar-refractivity contribution in [3.63, 3.8) is 0 Å². The second kappa shape index (κ2) is 5.19. The number of nitrogens with zero attached hydrogens (tertiary/aromatic N) is 1. The molecule has 2 bridgehead atoms. The van der Waals surface area contributed by atoms with E-state index in [4.69, 9.17) is 4.74 Å². The van der Waals surface area contributed by atoms with Gasteiger partial charge in [-0.2, -0.15) is 0 Å². The van der Waals surface area contributed by atoms with Crippen LogP contribution in [0.3, 0.4) is 0 Å². The molecule has 2 saturated carbocycles. The van der Waals surface area contributed by atoms with Crippen LogP contribution in [-0.4, -0.2) is 40.1 Å². The van der Waals surface area contributed by atoms with Crippen LogP contribution in [0.1, 0.15) is 55.6 Å². The second-order valence-corrected chi connectivity index (χ2v) is 8.58. The minimum atomic E-state index is -0.353. The molecule has 3 atom stereocenters. The number of fused-ring (bicyclic) bond motifs is 3. The first-order chi connectivity index (χ1) is 11.3. The number of carbonyl (C=O) groups excluding carboxylic acids is 1. The number of nitrogens with one attached hydrogen (secondary N) is 1. The second-order valence-electron chi connectivity index (χ2n) is 8.58. The van der Waals surface area contributed by atoms with E-state index in [1.54, 1.807) is 13.0 Å². The summed E-state index contributed by atoms with van der Waals surface area (Å²) in [6, 6.07) is 3.17. The van der Waals surface area contributed by atoms with Gasteiger partial charge in [0.05, 0.1) is 17.7 Å². The summed E-state index contributed by atoms with van der Waals surface area (Å²) in [4.78, 5) is 29.4. The van der Waals surface area contributed by atoms with Crippen LogP contribution in [0.4, 0.5) is 0 Å². The molecule has 130 valence electrons. The third-order valence-electron chi connectivity index (χ3n) is 5.94. The Hall–Kier alpha value is -1.62. The number of hydrogen-bond acceptors (Lipinski definition) is 3. The van der Waals surface area contributed by atoms with Crippen molar-refractivity contribution in [3.8, 4) is 0 Å². The maximum absolute atomic E-state index is 13.1. The number of hydrogen-bond donors (Lipinski definition) is 1. The molecule has 1 amide bonds. The molecule has 1 spiro atoms. The Morgan fingerprint density at radius 2 is 2.08 bits per heavy atom. The third kappa shape index (κ3) is 2.59. The molecule has 24 heavy (non-hydrogen) atoms. The molecule has 2 aliphatic carbocycles. The molecule has 3 aliphatic rings. The molecule has 0 radical (unpaired) electrons. The minimum absolute atomic E-state index is 0.0530. The summed E-state index contributed by atoms with van der Waals surface area (Å²) in [5.74, 6) is 1.27. The van der Waals surface area contributed by atoms with Crippen molar-refractivity contribution in [1.82, 2.24) is 9.88 Å². The van der Waals surface area contributed by atoms with Crippen LogP contribution in [0.5, 0.6) is 0 Å². The number of rotatable bonds is 1. The molecule has 0 unspecified atom stereocenters. The first-order valence-corrected chi connectivity index (χ1v) is 8.97. The first-order valence-electron chi connectivity index (χ1n) is 8.97. The molecular weight excluding hydrogens is 304 g/mol. The number of aromatic amines is 1. The number of morpholine rings is 1. The number of aromatic nitrogens is 1. The van der Waals surface area contributed by atoms with Crippen LogP contribution in [-0.2, 0) is 4.74 Å². The van der Waals surface area contributed by atoms with Crippen molar-refractivity contribution in [2.24, 2.45) is 11.8 Å². The number of aryl methyl sites for hydroxylation is 1. The predicted molar refractivity (Wildman–Crippen MR) is 91.0 cm³/mol. The third-order valence-corrected chi connectivity index (χ3v) is 5.94. The SMILES string of the molecule is Cc1cc(C(=O)N2CC(C)(C)O[C@@]3(C[C@@H]4CC[C@H]3C4)C2)cc(=O)[nH]1. The van der Waals surface area contributed by atoms with E-state index in [0.717, 1.165) is 12.3 Å². The summed E-state index contributed by atoms with van der Waals surface area (Å²) < 4.78 is 6.56. The summed E-state index contributed by atoms with van der Waals surface area (Å²) in [5.41, 5.74) is 0.436. The number of carbonyl (C=O) groups is 1. The molecule has 3 fully saturated rings. The zero-order chi connectivity index (χ0) is 17.1. The largest absolute Gasteiger partial charge is 0.365 e. The Labute approximate surface area is 142 Å². The zero-order valence-corrected chi connectivity index (χ0v) is 14.7.